The molecule has 0 unspecified atom stereocenters. The number of rotatable bonds is 11. The first-order valence-corrected chi connectivity index (χ1v) is 16.3. The Bertz CT molecular complexity index is 1860. The summed E-state index contributed by atoms with van der Waals surface area (Å²) in [7, 11) is 1.26. The van der Waals surface area contributed by atoms with Gasteiger partial charge in [-0.2, -0.15) is 5.26 Å². The van der Waals surface area contributed by atoms with Gasteiger partial charge in [-0.25, -0.2) is 14.6 Å². The van der Waals surface area contributed by atoms with Crippen molar-refractivity contribution < 1.29 is 33.3 Å². The van der Waals surface area contributed by atoms with Gasteiger partial charge in [0.2, 0.25) is 0 Å². The first-order valence-electron chi connectivity index (χ1n) is 13.3. The molecule has 1 aliphatic rings. The molecular weight excluding hydrogens is 816 g/mol. The summed E-state index contributed by atoms with van der Waals surface area (Å²) in [5.74, 6) is -0.0546. The summed E-state index contributed by atoms with van der Waals surface area (Å²) in [5, 5.41) is 9.08. The zero-order chi connectivity index (χ0) is 32.0. The molecule has 1 aliphatic heterocycles. The van der Waals surface area contributed by atoms with Crippen LogP contribution in [0.4, 0.5) is 0 Å². The minimum absolute atomic E-state index is 0.133. The Morgan fingerprint density at radius 2 is 1.89 bits per heavy atom. The molecule has 0 N–H and O–H groups in total. The van der Waals surface area contributed by atoms with Crippen LogP contribution in [0.5, 0.6) is 17.2 Å². The smallest absolute Gasteiger partial charge is 0.343 e. The summed E-state index contributed by atoms with van der Waals surface area (Å²) in [4.78, 5) is 44.1. The van der Waals surface area contributed by atoms with Crippen LogP contribution in [-0.4, -0.2) is 50.0 Å². The Kier molecular flexibility index (Phi) is 11.4. The molecule has 1 atom stereocenters. The molecule has 230 valence electrons. The van der Waals surface area contributed by atoms with Crippen LogP contribution >= 0.6 is 56.5 Å². The molecule has 0 bridgehead atoms. The van der Waals surface area contributed by atoms with E-state index < -0.39 is 18.0 Å². The van der Waals surface area contributed by atoms with Crippen molar-refractivity contribution in [2.75, 3.05) is 33.5 Å². The Labute approximate surface area is 284 Å². The monoisotopic (exact) mass is 843 g/mol. The number of carbonyl (C=O) groups is 2. The van der Waals surface area contributed by atoms with Gasteiger partial charge in [0.1, 0.15) is 11.8 Å². The zero-order valence-corrected chi connectivity index (χ0v) is 29.3. The van der Waals surface area contributed by atoms with Crippen molar-refractivity contribution in [1.82, 2.24) is 4.57 Å². The van der Waals surface area contributed by atoms with Crippen molar-refractivity contribution in [3.63, 3.8) is 0 Å². The highest BCUT2D eigenvalue weighted by Gasteiger charge is 2.34. The molecule has 0 amide bonds. The predicted octanol–water partition coefficient (Wildman–Crippen LogP) is 3.86. The second-order valence-corrected chi connectivity index (χ2v) is 12.5. The molecule has 0 spiro atoms. The first-order chi connectivity index (χ1) is 21.1. The molecule has 2 aromatic carbocycles. The lowest BCUT2D eigenvalue weighted by atomic mass is 9.95. The number of benzene rings is 2. The van der Waals surface area contributed by atoms with E-state index in [1.54, 1.807) is 45.0 Å². The molecule has 0 radical (unpaired) electrons. The van der Waals surface area contributed by atoms with E-state index in [9.17, 15) is 14.4 Å². The average Bonchev–Trinajstić information content (AvgIpc) is 3.29. The summed E-state index contributed by atoms with van der Waals surface area (Å²) in [6.07, 6.45) is 1.71. The lowest BCUT2D eigenvalue weighted by molar-refractivity contribution is -0.143. The number of fused-ring (bicyclic) bond motifs is 1. The molecule has 0 saturated heterocycles. The van der Waals surface area contributed by atoms with Gasteiger partial charge >= 0.3 is 11.9 Å². The van der Waals surface area contributed by atoms with Crippen molar-refractivity contribution in [2.45, 2.75) is 26.8 Å². The fourth-order valence-corrected chi connectivity index (χ4v) is 7.55. The van der Waals surface area contributed by atoms with Gasteiger partial charge < -0.3 is 23.7 Å². The highest BCUT2D eigenvalue weighted by atomic mass is 127. The van der Waals surface area contributed by atoms with Gasteiger partial charge in [0.15, 0.2) is 29.5 Å². The largest absolute Gasteiger partial charge is 0.490 e. The second kappa shape index (κ2) is 15.0. The van der Waals surface area contributed by atoms with Crippen LogP contribution in [0.3, 0.4) is 0 Å². The van der Waals surface area contributed by atoms with Crippen LogP contribution in [0, 0.1) is 18.5 Å². The van der Waals surface area contributed by atoms with Gasteiger partial charge in [-0.05, 0) is 102 Å². The van der Waals surface area contributed by atoms with Crippen molar-refractivity contribution in [3.05, 3.63) is 79.6 Å². The van der Waals surface area contributed by atoms with Crippen molar-refractivity contribution in [3.8, 4) is 23.3 Å². The molecule has 44 heavy (non-hydrogen) atoms. The standard InChI is InChI=1S/C30H27I2N3O8S/c1-5-40-22-12-17(7-8-21(22)43-15-24(36)39-4)26-25(29(38)41-6-2)16(3)34-30-35(26)28(37)23(44-30)13-18-11-19(31)14-20(32)27(18)42-10-9-33/h7-8,11-14,26H,5-6,10,15H2,1-4H3/b23-13+/t26-/m0/s1. The van der Waals surface area contributed by atoms with Gasteiger partial charge in [0, 0.05) is 9.13 Å². The van der Waals surface area contributed by atoms with E-state index in [0.717, 1.165) is 7.14 Å². The van der Waals surface area contributed by atoms with Crippen molar-refractivity contribution in [2.24, 2.45) is 4.99 Å². The molecule has 2 heterocycles. The van der Waals surface area contributed by atoms with Crippen LogP contribution < -0.4 is 29.1 Å². The molecule has 3 aromatic rings. The number of aromatic nitrogens is 1. The summed E-state index contributed by atoms with van der Waals surface area (Å²) in [6, 6.07) is 9.84. The molecular formula is C30H27I2N3O8S. The fraction of sp³-hybridized carbons (Fsp3) is 0.300. The maximum atomic E-state index is 14.1. The summed E-state index contributed by atoms with van der Waals surface area (Å²) in [5.41, 5.74) is 1.42. The lowest BCUT2D eigenvalue weighted by Gasteiger charge is -2.25. The lowest BCUT2D eigenvalue weighted by Crippen LogP contribution is -2.40. The highest BCUT2D eigenvalue weighted by molar-refractivity contribution is 14.1. The van der Waals surface area contributed by atoms with E-state index in [2.05, 4.69) is 54.9 Å². The molecule has 11 nitrogen and oxygen atoms in total. The number of hydrogen-bond acceptors (Lipinski definition) is 11. The number of thiazole rings is 1. The van der Waals surface area contributed by atoms with E-state index in [-0.39, 0.29) is 31.0 Å². The van der Waals surface area contributed by atoms with E-state index in [0.29, 0.717) is 50.0 Å². The molecule has 1 aromatic heterocycles. The molecule has 14 heteroatoms. The van der Waals surface area contributed by atoms with Crippen LogP contribution in [0.15, 0.2) is 51.4 Å². The number of halogens is 2. The number of nitriles is 1. The third kappa shape index (κ3) is 7.26. The SMILES string of the molecule is CCOC(=O)C1=C(C)N=c2s/c(=C/c3cc(I)cc(I)c3OCC#N)c(=O)n2[C@H]1c1ccc(OCC(=O)OC)c(OCC)c1. The topological polar surface area (TPSA) is 138 Å². The van der Waals surface area contributed by atoms with Gasteiger partial charge in [0.05, 0.1) is 45.7 Å². The van der Waals surface area contributed by atoms with Gasteiger partial charge in [0.25, 0.3) is 5.56 Å². The number of esters is 2. The number of hydrogen-bond donors (Lipinski definition) is 0. The first kappa shape index (κ1) is 33.5. The molecule has 0 fully saturated rings. The number of allylic oxidation sites excluding steroid dienone is 1. The molecule has 4 rings (SSSR count). The Hall–Kier alpha value is -3.43. The van der Waals surface area contributed by atoms with Crippen LogP contribution in [0.25, 0.3) is 6.08 Å². The highest BCUT2D eigenvalue weighted by Crippen LogP contribution is 2.36. The van der Waals surface area contributed by atoms with Crippen LogP contribution in [0.2, 0.25) is 0 Å². The van der Waals surface area contributed by atoms with Gasteiger partial charge in [-0.15, -0.1) is 0 Å². The summed E-state index contributed by atoms with van der Waals surface area (Å²) < 4.78 is 30.7. The van der Waals surface area contributed by atoms with Gasteiger partial charge in [-0.3, -0.25) is 9.36 Å². The minimum atomic E-state index is -0.897. The maximum Gasteiger partial charge on any atom is 0.343 e. The Morgan fingerprint density at radius 3 is 2.57 bits per heavy atom. The van der Waals surface area contributed by atoms with E-state index in [1.165, 1.54) is 23.0 Å². The van der Waals surface area contributed by atoms with Crippen molar-refractivity contribution in [1.29, 1.82) is 5.26 Å². The normalized spacial score (nSPS) is 14.3. The summed E-state index contributed by atoms with van der Waals surface area (Å²) in [6.45, 7) is 5.16. The van der Waals surface area contributed by atoms with E-state index in [4.69, 9.17) is 24.2 Å². The van der Waals surface area contributed by atoms with Crippen LogP contribution in [0.1, 0.15) is 37.9 Å². The molecule has 0 aliphatic carbocycles. The number of nitrogens with zero attached hydrogens (tertiary/aromatic N) is 3. The third-order valence-corrected chi connectivity index (χ3v) is 8.69. The number of methoxy groups -OCH3 is 1. The number of ether oxygens (including phenoxy) is 5. The molecule has 0 saturated carbocycles. The quantitative estimate of drug-likeness (QED) is 0.208. The Morgan fingerprint density at radius 1 is 1.11 bits per heavy atom. The minimum Gasteiger partial charge on any atom is -0.490 e. The van der Waals surface area contributed by atoms with E-state index >= 15 is 0 Å². The Balaban J connectivity index is 1.93. The third-order valence-electron chi connectivity index (χ3n) is 6.28. The predicted molar refractivity (Wildman–Crippen MR) is 179 cm³/mol. The fourth-order valence-electron chi connectivity index (χ4n) is 4.47. The van der Waals surface area contributed by atoms with Gasteiger partial charge in [-0.1, -0.05) is 17.4 Å². The second-order valence-electron chi connectivity index (χ2n) is 9.06. The zero-order valence-electron chi connectivity index (χ0n) is 24.1. The van der Waals surface area contributed by atoms with Crippen LogP contribution in [-0.2, 0) is 19.1 Å². The average molecular weight is 843 g/mol. The van der Waals surface area contributed by atoms with Crippen molar-refractivity contribution >= 4 is 74.5 Å². The number of carbonyl (C=O) groups excluding carboxylic acids is 2. The van der Waals surface area contributed by atoms with E-state index in [1.807, 2.05) is 18.2 Å². The maximum absolute atomic E-state index is 14.1. The summed E-state index contributed by atoms with van der Waals surface area (Å²) >= 11 is 5.48.